The largest absolute Gasteiger partial charge is 0.482 e. The topological polar surface area (TPSA) is 96.7 Å². The van der Waals surface area contributed by atoms with Gasteiger partial charge >= 0.3 is 5.97 Å². The summed E-state index contributed by atoms with van der Waals surface area (Å²) in [6.45, 7) is 0.482. The van der Waals surface area contributed by atoms with E-state index in [1.165, 1.54) is 0 Å². The molecule has 166 valence electrons. The zero-order valence-corrected chi connectivity index (χ0v) is 17.8. The molecule has 2 aromatic rings. The molecule has 0 saturated heterocycles. The number of nitrogens with zero attached hydrogens (tertiary/aromatic N) is 2. The first-order valence-corrected chi connectivity index (χ1v) is 10.6. The van der Waals surface area contributed by atoms with Crippen molar-refractivity contribution in [3.8, 4) is 11.8 Å². The Hall–Kier alpha value is -4.18. The van der Waals surface area contributed by atoms with Gasteiger partial charge in [-0.25, -0.2) is 4.79 Å². The number of benzene rings is 2. The van der Waals surface area contributed by atoms with Crippen LogP contribution in [-0.4, -0.2) is 42.1 Å². The van der Waals surface area contributed by atoms with Gasteiger partial charge in [0.25, 0.3) is 0 Å². The van der Waals surface area contributed by atoms with E-state index in [4.69, 9.17) is 14.7 Å². The Morgan fingerprint density at radius 3 is 2.58 bits per heavy atom. The summed E-state index contributed by atoms with van der Waals surface area (Å²) in [6, 6.07) is 17.9. The van der Waals surface area contributed by atoms with Crippen LogP contribution in [0.15, 0.2) is 78.5 Å². The minimum Gasteiger partial charge on any atom is -0.482 e. The number of allylic oxidation sites excluding steroid dienone is 2. The highest BCUT2D eigenvalue weighted by atomic mass is 16.6. The first-order valence-electron chi connectivity index (χ1n) is 10.6. The quantitative estimate of drug-likeness (QED) is 0.458. The molecule has 2 unspecified atom stereocenters. The van der Waals surface area contributed by atoms with Crippen LogP contribution < -0.4 is 4.74 Å². The fraction of sp³-hybridized carbons (Fsp3) is 0.231. The van der Waals surface area contributed by atoms with Crippen molar-refractivity contribution < 1.29 is 23.9 Å². The van der Waals surface area contributed by atoms with Gasteiger partial charge < -0.3 is 14.4 Å². The molecule has 0 radical (unpaired) electrons. The zero-order valence-electron chi connectivity index (χ0n) is 17.8. The predicted octanol–water partition coefficient (Wildman–Crippen LogP) is 3.09. The van der Waals surface area contributed by atoms with Gasteiger partial charge in [0.15, 0.2) is 18.2 Å². The Morgan fingerprint density at radius 1 is 1.09 bits per heavy atom. The SMILES string of the molecule is N#CC1C=CC2=CN(CC(=O)c3ccc(OCC(=O)OCc4ccccc4)cc3)CC2C1=O. The van der Waals surface area contributed by atoms with Crippen molar-refractivity contribution in [3.05, 3.63) is 89.6 Å². The molecule has 2 aromatic carbocycles. The van der Waals surface area contributed by atoms with E-state index in [1.807, 2.05) is 42.6 Å². The summed E-state index contributed by atoms with van der Waals surface area (Å²) in [5.41, 5.74) is 2.23. The van der Waals surface area contributed by atoms with Crippen molar-refractivity contribution in [1.29, 1.82) is 5.26 Å². The number of carbonyl (C=O) groups excluding carboxylic acids is 3. The van der Waals surface area contributed by atoms with Crippen molar-refractivity contribution in [3.63, 3.8) is 0 Å². The molecule has 0 bridgehead atoms. The van der Waals surface area contributed by atoms with Gasteiger partial charge in [0.05, 0.1) is 18.5 Å². The van der Waals surface area contributed by atoms with E-state index >= 15 is 0 Å². The molecule has 7 heteroatoms. The van der Waals surface area contributed by atoms with E-state index in [0.29, 0.717) is 17.9 Å². The third-order valence-corrected chi connectivity index (χ3v) is 5.54. The minimum absolute atomic E-state index is 0.104. The maximum atomic E-state index is 12.7. The van der Waals surface area contributed by atoms with E-state index in [9.17, 15) is 14.4 Å². The van der Waals surface area contributed by atoms with Crippen LogP contribution in [0.4, 0.5) is 0 Å². The molecule has 1 aliphatic heterocycles. The molecule has 33 heavy (non-hydrogen) atoms. The average Bonchev–Trinajstić information content (AvgIpc) is 3.26. The molecule has 1 heterocycles. The van der Waals surface area contributed by atoms with E-state index in [0.717, 1.165) is 11.1 Å². The first kappa shape index (κ1) is 22.0. The zero-order chi connectivity index (χ0) is 23.2. The van der Waals surface area contributed by atoms with Crippen LogP contribution in [0.25, 0.3) is 0 Å². The second-order valence-electron chi connectivity index (χ2n) is 7.86. The van der Waals surface area contributed by atoms with Crippen LogP contribution in [0.5, 0.6) is 5.75 Å². The van der Waals surface area contributed by atoms with Gasteiger partial charge in [0.1, 0.15) is 18.3 Å². The molecular formula is C26H22N2O5. The summed E-state index contributed by atoms with van der Waals surface area (Å²) in [5.74, 6) is -1.33. The molecule has 0 spiro atoms. The summed E-state index contributed by atoms with van der Waals surface area (Å²) >= 11 is 0. The lowest BCUT2D eigenvalue weighted by Crippen LogP contribution is -2.31. The van der Waals surface area contributed by atoms with Crippen molar-refractivity contribution in [2.24, 2.45) is 11.8 Å². The Kier molecular flexibility index (Phi) is 6.65. The second kappa shape index (κ2) is 9.96. The monoisotopic (exact) mass is 442 g/mol. The lowest BCUT2D eigenvalue weighted by Gasteiger charge is -2.19. The average molecular weight is 442 g/mol. The predicted molar refractivity (Wildman–Crippen MR) is 119 cm³/mol. The van der Waals surface area contributed by atoms with Gasteiger partial charge in [-0.2, -0.15) is 5.26 Å². The molecular weight excluding hydrogens is 420 g/mol. The number of carbonyl (C=O) groups is 3. The fourth-order valence-corrected chi connectivity index (χ4v) is 3.78. The van der Waals surface area contributed by atoms with Gasteiger partial charge in [-0.05, 0) is 35.4 Å². The maximum absolute atomic E-state index is 12.7. The fourth-order valence-electron chi connectivity index (χ4n) is 3.78. The van der Waals surface area contributed by atoms with E-state index < -0.39 is 11.9 Å². The lowest BCUT2D eigenvalue weighted by atomic mass is 9.84. The Morgan fingerprint density at radius 2 is 1.85 bits per heavy atom. The summed E-state index contributed by atoms with van der Waals surface area (Å²) in [4.78, 5) is 38.7. The molecule has 7 nitrogen and oxygen atoms in total. The normalized spacial score (nSPS) is 18.8. The van der Waals surface area contributed by atoms with Crippen LogP contribution in [-0.2, 0) is 20.9 Å². The third-order valence-electron chi connectivity index (χ3n) is 5.54. The summed E-state index contributed by atoms with van der Waals surface area (Å²) in [5, 5.41) is 9.06. The second-order valence-corrected chi connectivity index (χ2v) is 7.86. The van der Waals surface area contributed by atoms with E-state index in [2.05, 4.69) is 0 Å². The minimum atomic E-state index is -0.717. The van der Waals surface area contributed by atoms with Crippen LogP contribution >= 0.6 is 0 Å². The van der Waals surface area contributed by atoms with E-state index in [-0.39, 0.29) is 37.2 Å². The molecule has 0 amide bonds. The van der Waals surface area contributed by atoms with Crippen molar-refractivity contribution >= 4 is 17.5 Å². The van der Waals surface area contributed by atoms with Crippen LogP contribution in [0.2, 0.25) is 0 Å². The number of ether oxygens (including phenoxy) is 2. The molecule has 0 aromatic heterocycles. The molecule has 0 N–H and O–H groups in total. The van der Waals surface area contributed by atoms with Gasteiger partial charge in [-0.1, -0.05) is 42.5 Å². The van der Waals surface area contributed by atoms with Crippen molar-refractivity contribution in [1.82, 2.24) is 4.90 Å². The van der Waals surface area contributed by atoms with Gasteiger partial charge in [-0.15, -0.1) is 0 Å². The Labute approximate surface area is 191 Å². The molecule has 4 rings (SSSR count). The van der Waals surface area contributed by atoms with Crippen molar-refractivity contribution in [2.75, 3.05) is 19.7 Å². The van der Waals surface area contributed by atoms with E-state index in [1.54, 1.807) is 41.3 Å². The third kappa shape index (κ3) is 5.36. The molecule has 0 fully saturated rings. The van der Waals surface area contributed by atoms with Crippen LogP contribution in [0, 0.1) is 23.2 Å². The molecule has 2 aliphatic rings. The van der Waals surface area contributed by atoms with Gasteiger partial charge in [-0.3, -0.25) is 9.59 Å². The summed E-state index contributed by atoms with van der Waals surface area (Å²) < 4.78 is 10.6. The maximum Gasteiger partial charge on any atom is 0.344 e. The highest BCUT2D eigenvalue weighted by Gasteiger charge is 2.36. The standard InChI is InChI=1S/C26H22N2O5/c27-12-20-6-7-21-13-28(14-23(21)26(20)31)15-24(29)19-8-10-22(11-9-19)32-17-25(30)33-16-18-4-2-1-3-5-18/h1-11,13,20,23H,14-17H2. The summed E-state index contributed by atoms with van der Waals surface area (Å²) in [6.07, 6.45) is 5.21. The first-order chi connectivity index (χ1) is 16.0. The number of esters is 1. The number of hydrogen-bond acceptors (Lipinski definition) is 7. The number of fused-ring (bicyclic) bond motifs is 1. The summed E-state index contributed by atoms with van der Waals surface area (Å²) in [7, 11) is 0. The number of ketones is 2. The van der Waals surface area contributed by atoms with Gasteiger partial charge in [0.2, 0.25) is 0 Å². The number of hydrogen-bond donors (Lipinski definition) is 0. The molecule has 0 saturated carbocycles. The highest BCUT2D eigenvalue weighted by Crippen LogP contribution is 2.30. The van der Waals surface area contributed by atoms with Crippen LogP contribution in [0.3, 0.4) is 0 Å². The number of Topliss-reactive ketones (excluding diaryl/α,β-unsaturated/α-hetero) is 2. The number of nitriles is 1. The van der Waals surface area contributed by atoms with Crippen molar-refractivity contribution in [2.45, 2.75) is 6.61 Å². The highest BCUT2D eigenvalue weighted by molar-refractivity contribution is 5.98. The Balaban J connectivity index is 1.25. The smallest absolute Gasteiger partial charge is 0.344 e. The lowest BCUT2D eigenvalue weighted by molar-refractivity contribution is -0.147. The molecule has 2 atom stereocenters. The Bertz CT molecular complexity index is 1150. The van der Waals surface area contributed by atoms with Gasteiger partial charge in [0, 0.05) is 18.3 Å². The number of rotatable bonds is 8. The molecule has 1 aliphatic carbocycles. The van der Waals surface area contributed by atoms with Crippen LogP contribution in [0.1, 0.15) is 15.9 Å².